The molecular formula is C22H27FN8O12P2. The summed E-state index contributed by atoms with van der Waals surface area (Å²) in [6, 6.07) is 0. The maximum atomic E-state index is 14.7. The van der Waals surface area contributed by atoms with Crippen LogP contribution in [0.15, 0.2) is 30.0 Å². The number of rotatable bonds is 11. The maximum absolute atomic E-state index is 14.7. The fourth-order valence-electron chi connectivity index (χ4n) is 5.32. The van der Waals surface area contributed by atoms with Crippen molar-refractivity contribution in [3.05, 3.63) is 41.3 Å². The number of ether oxygens (including phenoxy) is 2. The number of H-pyrrole nitrogens is 1. The molecular weight excluding hydrogens is 649 g/mol. The van der Waals surface area contributed by atoms with Gasteiger partial charge in [-0.3, -0.25) is 22.9 Å². The van der Waals surface area contributed by atoms with Crippen molar-refractivity contribution in [2.45, 2.75) is 49.5 Å². The average molecular weight is 676 g/mol. The molecule has 6 rings (SSSR count). The van der Waals surface area contributed by atoms with Crippen molar-refractivity contribution in [3.63, 3.8) is 0 Å². The lowest BCUT2D eigenvalue weighted by atomic mass is 10.0. The zero-order valence-electron chi connectivity index (χ0n) is 22.9. The van der Waals surface area contributed by atoms with Gasteiger partial charge in [-0.2, -0.15) is 0 Å². The van der Waals surface area contributed by atoms with Crippen LogP contribution in [-0.2, 0) is 32.2 Å². The van der Waals surface area contributed by atoms with E-state index in [1.54, 1.807) is 4.57 Å². The Morgan fingerprint density at radius 3 is 2.71 bits per heavy atom. The monoisotopic (exact) mass is 676 g/mol. The van der Waals surface area contributed by atoms with E-state index in [2.05, 4.69) is 29.4 Å². The highest BCUT2D eigenvalue weighted by molar-refractivity contribution is 7.47. The molecule has 0 radical (unpaired) electrons. The van der Waals surface area contributed by atoms with E-state index in [0.717, 1.165) is 17.1 Å². The molecule has 2 aliphatic rings. The van der Waals surface area contributed by atoms with E-state index in [9.17, 15) is 28.3 Å². The summed E-state index contributed by atoms with van der Waals surface area (Å²) < 4.78 is 68.7. The molecule has 6 heterocycles. The predicted molar refractivity (Wildman–Crippen MR) is 146 cm³/mol. The second kappa shape index (κ2) is 11.9. The molecule has 0 aliphatic carbocycles. The highest BCUT2D eigenvalue weighted by Crippen LogP contribution is 2.51. The van der Waals surface area contributed by atoms with Gasteiger partial charge < -0.3 is 44.5 Å². The molecule has 45 heavy (non-hydrogen) atoms. The minimum Gasteiger partial charge on any atom is -0.393 e. The van der Waals surface area contributed by atoms with Gasteiger partial charge in [0.25, 0.3) is 5.56 Å². The summed E-state index contributed by atoms with van der Waals surface area (Å²) in [7, 11) is -9.91. The van der Waals surface area contributed by atoms with E-state index < -0.39 is 82.5 Å². The fraction of sp³-hybridized carbons (Fsp3) is 0.500. The van der Waals surface area contributed by atoms with Gasteiger partial charge in [-0.25, -0.2) is 33.5 Å². The number of nitrogens with zero attached hydrogens (tertiary/aromatic N) is 6. The SMILES string of the molecule is Nc1ncnc2c1ncn2[C@H]1CC[C@@](CO)(COP(=O)(O)O[C@@H]2C[C@@H](COP(=O)(O)O)O[C@H]2n2cc(F)c3c(=O)[nH]cnc32)O1. The molecule has 4 aromatic rings. The number of anilines is 1. The van der Waals surface area contributed by atoms with Crippen LogP contribution in [0.4, 0.5) is 10.2 Å². The van der Waals surface area contributed by atoms with E-state index in [4.69, 9.17) is 34.0 Å². The Morgan fingerprint density at radius 2 is 1.96 bits per heavy atom. The van der Waals surface area contributed by atoms with Crippen molar-refractivity contribution >= 4 is 43.7 Å². The minimum absolute atomic E-state index is 0.162. The third kappa shape index (κ3) is 6.42. The van der Waals surface area contributed by atoms with E-state index in [-0.39, 0.29) is 24.3 Å². The van der Waals surface area contributed by atoms with Crippen molar-refractivity contribution in [1.82, 2.24) is 34.1 Å². The van der Waals surface area contributed by atoms with Gasteiger partial charge in [-0.1, -0.05) is 0 Å². The van der Waals surface area contributed by atoms with Crippen LogP contribution in [0.3, 0.4) is 0 Å². The molecule has 244 valence electrons. The molecule has 23 heteroatoms. The van der Waals surface area contributed by atoms with Gasteiger partial charge in [0, 0.05) is 12.6 Å². The van der Waals surface area contributed by atoms with E-state index in [0.29, 0.717) is 17.6 Å². The molecule has 0 bridgehead atoms. The lowest BCUT2D eigenvalue weighted by Gasteiger charge is -2.29. The molecule has 0 aromatic carbocycles. The van der Waals surface area contributed by atoms with Crippen LogP contribution in [-0.4, -0.2) is 91.5 Å². The lowest BCUT2D eigenvalue weighted by molar-refractivity contribution is -0.121. The first-order valence-corrected chi connectivity index (χ1v) is 16.3. The highest BCUT2D eigenvalue weighted by Gasteiger charge is 2.47. The highest BCUT2D eigenvalue weighted by atomic mass is 31.2. The van der Waals surface area contributed by atoms with E-state index in [1.165, 1.54) is 12.7 Å². The zero-order chi connectivity index (χ0) is 32.1. The van der Waals surface area contributed by atoms with Gasteiger partial charge in [0.05, 0.1) is 38.6 Å². The summed E-state index contributed by atoms with van der Waals surface area (Å²) in [6.45, 7) is -1.85. The Labute approximate surface area is 250 Å². The number of hydrogen-bond donors (Lipinski definition) is 6. The number of nitrogens with two attached hydrogens (primary N) is 1. The summed E-state index contributed by atoms with van der Waals surface area (Å²) in [5, 5.41) is 9.77. The third-order valence-electron chi connectivity index (χ3n) is 7.39. The number of fused-ring (bicyclic) bond motifs is 2. The predicted octanol–water partition coefficient (Wildman–Crippen LogP) is 0.225. The number of aliphatic hydroxyl groups is 1. The van der Waals surface area contributed by atoms with Gasteiger partial charge in [0.15, 0.2) is 29.2 Å². The van der Waals surface area contributed by atoms with Crippen LogP contribution in [0, 0.1) is 5.82 Å². The molecule has 6 atom stereocenters. The number of phosphoric ester groups is 2. The van der Waals surface area contributed by atoms with Crippen molar-refractivity contribution in [1.29, 1.82) is 0 Å². The Bertz CT molecular complexity index is 1880. The average Bonchev–Trinajstić information content (AvgIpc) is 3.76. The molecule has 1 unspecified atom stereocenters. The first-order chi connectivity index (χ1) is 21.3. The summed E-state index contributed by atoms with van der Waals surface area (Å²) in [5.41, 5.74) is 4.15. The summed E-state index contributed by atoms with van der Waals surface area (Å²) >= 11 is 0. The van der Waals surface area contributed by atoms with E-state index in [1.807, 2.05) is 0 Å². The molecule has 0 spiro atoms. The van der Waals surface area contributed by atoms with Crippen molar-refractivity contribution in [3.8, 4) is 0 Å². The number of aromatic amines is 1. The Morgan fingerprint density at radius 1 is 1.16 bits per heavy atom. The number of nitrogens with one attached hydrogen (secondary N) is 1. The number of aromatic nitrogens is 7. The smallest absolute Gasteiger partial charge is 0.393 e. The largest absolute Gasteiger partial charge is 0.472 e. The molecule has 7 N–H and O–H groups in total. The van der Waals surface area contributed by atoms with Gasteiger partial charge in [0.2, 0.25) is 0 Å². The van der Waals surface area contributed by atoms with Gasteiger partial charge in [0.1, 0.15) is 35.2 Å². The van der Waals surface area contributed by atoms with Crippen LogP contribution in [0.1, 0.15) is 31.7 Å². The van der Waals surface area contributed by atoms with Crippen LogP contribution in [0.5, 0.6) is 0 Å². The number of hydrogen-bond acceptors (Lipinski definition) is 14. The summed E-state index contributed by atoms with van der Waals surface area (Å²) in [4.78, 5) is 59.5. The second-order valence-electron chi connectivity index (χ2n) is 10.4. The quantitative estimate of drug-likeness (QED) is 0.116. The first kappa shape index (κ1) is 31.8. The van der Waals surface area contributed by atoms with Crippen molar-refractivity contribution in [2.24, 2.45) is 0 Å². The van der Waals surface area contributed by atoms with Crippen LogP contribution >= 0.6 is 15.6 Å². The van der Waals surface area contributed by atoms with Gasteiger partial charge in [-0.05, 0) is 12.8 Å². The Hall–Kier alpha value is -3.20. The van der Waals surface area contributed by atoms with Gasteiger partial charge in [-0.15, -0.1) is 0 Å². The normalized spacial score (nSPS) is 27.0. The van der Waals surface area contributed by atoms with Crippen molar-refractivity contribution in [2.75, 3.05) is 25.6 Å². The first-order valence-electron chi connectivity index (χ1n) is 13.2. The molecule has 2 saturated heterocycles. The topological polar surface area (TPSA) is 282 Å². The van der Waals surface area contributed by atoms with Gasteiger partial charge >= 0.3 is 15.6 Å². The lowest BCUT2D eigenvalue weighted by Crippen LogP contribution is -2.38. The number of imidazole rings is 1. The summed E-state index contributed by atoms with van der Waals surface area (Å²) in [5.74, 6) is -0.812. The van der Waals surface area contributed by atoms with Crippen LogP contribution < -0.4 is 11.3 Å². The molecule has 0 amide bonds. The molecule has 2 aliphatic heterocycles. The standard InChI is InChI=1S/C22H27FN8O12P2/c23-12-4-30(18-15(12)20(33)28-9-26-18)21-13(3-11(41-21)5-39-44(34,35)36)43-45(37,38)40-7-22(6-32)2-1-14(42-22)31-10-29-16-17(24)25-8-27-19(16)31/h4,8-11,13-14,21,32H,1-3,5-7H2,(H,37,38)(H2,24,25,27)(H,26,28,33)(H2,34,35,36)/t11-,13+,14+,21+,22+/m0/s1. The fourth-order valence-corrected chi connectivity index (χ4v) is 6.68. The number of halogens is 1. The molecule has 4 aromatic heterocycles. The molecule has 2 fully saturated rings. The number of nitrogen functional groups attached to an aromatic ring is 1. The van der Waals surface area contributed by atoms with Crippen molar-refractivity contribution < 1.29 is 56.4 Å². The third-order valence-corrected chi connectivity index (χ3v) is 8.87. The zero-order valence-corrected chi connectivity index (χ0v) is 24.7. The summed E-state index contributed by atoms with van der Waals surface area (Å²) in [6.07, 6.45) is 0.240. The minimum atomic E-state index is -4.99. The Kier molecular flexibility index (Phi) is 8.38. The van der Waals surface area contributed by atoms with Crippen LogP contribution in [0.25, 0.3) is 22.2 Å². The molecule has 20 nitrogen and oxygen atoms in total. The van der Waals surface area contributed by atoms with E-state index >= 15 is 0 Å². The molecule has 0 saturated carbocycles. The second-order valence-corrected chi connectivity index (χ2v) is 13.1. The number of aliphatic hydroxyl groups excluding tert-OH is 1. The maximum Gasteiger partial charge on any atom is 0.472 e. The number of phosphoric acid groups is 2. The Balaban J connectivity index is 1.19. The van der Waals surface area contributed by atoms with Crippen LogP contribution in [0.2, 0.25) is 0 Å².